The molecule has 0 saturated heterocycles. The molecular weight excluding hydrogens is 334 g/mol. The molecule has 7 nitrogen and oxygen atoms in total. The number of carbonyl (C=O) groups is 1. The maximum atomic E-state index is 12.7. The molecule has 136 valence electrons. The highest BCUT2D eigenvalue weighted by atomic mass is 16.6. The first-order valence-electron chi connectivity index (χ1n) is 8.00. The number of hydrogen-bond donors (Lipinski definition) is 1. The second-order valence-electron chi connectivity index (χ2n) is 5.64. The van der Waals surface area contributed by atoms with Crippen LogP contribution in [0.15, 0.2) is 55.1 Å². The maximum absolute atomic E-state index is 12.7. The second kappa shape index (κ2) is 8.66. The summed E-state index contributed by atoms with van der Waals surface area (Å²) in [6.45, 7) is 4.39. The smallest absolute Gasteiger partial charge is 0.270 e. The average molecular weight is 355 g/mol. The molecule has 0 spiro atoms. The number of benzene rings is 2. The highest BCUT2D eigenvalue weighted by Gasteiger charge is 2.19. The minimum atomic E-state index is -0.516. The van der Waals surface area contributed by atoms with E-state index in [9.17, 15) is 14.9 Å². The zero-order chi connectivity index (χ0) is 19.1. The Hall–Kier alpha value is -3.35. The van der Waals surface area contributed by atoms with Gasteiger partial charge in [0.15, 0.2) is 0 Å². The van der Waals surface area contributed by atoms with E-state index in [0.717, 1.165) is 11.3 Å². The highest BCUT2D eigenvalue weighted by Crippen LogP contribution is 2.24. The van der Waals surface area contributed by atoms with Gasteiger partial charge >= 0.3 is 0 Å². The molecule has 26 heavy (non-hydrogen) atoms. The molecule has 0 aliphatic heterocycles. The number of amides is 1. The van der Waals surface area contributed by atoms with Crippen molar-refractivity contribution in [1.82, 2.24) is 4.90 Å². The molecule has 0 aliphatic rings. The van der Waals surface area contributed by atoms with E-state index < -0.39 is 4.92 Å². The van der Waals surface area contributed by atoms with E-state index in [-0.39, 0.29) is 17.2 Å². The number of ether oxygens (including phenoxy) is 1. The monoisotopic (exact) mass is 355 g/mol. The predicted octanol–water partition coefficient (Wildman–Crippen LogP) is 3.47. The lowest BCUT2D eigenvalue weighted by molar-refractivity contribution is -0.384. The zero-order valence-electron chi connectivity index (χ0n) is 14.8. The third kappa shape index (κ3) is 4.60. The highest BCUT2D eigenvalue weighted by molar-refractivity contribution is 6.00. The number of nitro benzene ring substituents is 1. The molecule has 0 aliphatic carbocycles. The van der Waals surface area contributed by atoms with Gasteiger partial charge in [-0.3, -0.25) is 14.9 Å². The lowest BCUT2D eigenvalue weighted by Crippen LogP contribution is -2.27. The van der Waals surface area contributed by atoms with E-state index in [1.807, 2.05) is 24.3 Å². The van der Waals surface area contributed by atoms with Crippen molar-refractivity contribution >= 4 is 17.3 Å². The molecule has 0 fully saturated rings. The summed E-state index contributed by atoms with van der Waals surface area (Å²) in [6.07, 6.45) is 1.67. The van der Waals surface area contributed by atoms with Crippen molar-refractivity contribution < 1.29 is 14.5 Å². The topological polar surface area (TPSA) is 84.7 Å². The first kappa shape index (κ1) is 19.0. The Bertz CT molecular complexity index is 803. The molecule has 0 saturated carbocycles. The van der Waals surface area contributed by atoms with Gasteiger partial charge in [-0.2, -0.15) is 0 Å². The minimum Gasteiger partial charge on any atom is -0.490 e. The third-order valence-electron chi connectivity index (χ3n) is 3.77. The number of hydrogen-bond acceptors (Lipinski definition) is 5. The molecule has 2 rings (SSSR count). The fourth-order valence-corrected chi connectivity index (χ4v) is 2.44. The number of carbonyl (C=O) groups excluding carboxylic acids is 1. The fourth-order valence-electron chi connectivity index (χ4n) is 2.44. The quantitative estimate of drug-likeness (QED) is 0.445. The molecule has 0 unspecified atom stereocenters. The van der Waals surface area contributed by atoms with Crippen LogP contribution in [-0.2, 0) is 6.54 Å². The van der Waals surface area contributed by atoms with Crippen LogP contribution in [0.4, 0.5) is 11.4 Å². The SMILES string of the molecule is C=CCOc1ccc(CN(C)C(=O)c2cc([N+](=O)[O-])ccc2NC)cc1. The Balaban J connectivity index is 2.15. The summed E-state index contributed by atoms with van der Waals surface area (Å²) in [5, 5.41) is 13.9. The fraction of sp³-hybridized carbons (Fsp3) is 0.211. The average Bonchev–Trinajstić information content (AvgIpc) is 2.66. The van der Waals surface area contributed by atoms with E-state index in [4.69, 9.17) is 4.74 Å². The van der Waals surface area contributed by atoms with E-state index in [2.05, 4.69) is 11.9 Å². The van der Waals surface area contributed by atoms with Crippen LogP contribution in [0, 0.1) is 10.1 Å². The molecule has 0 heterocycles. The number of nitrogens with one attached hydrogen (secondary N) is 1. The number of non-ortho nitro benzene ring substituents is 1. The van der Waals surface area contributed by atoms with Crippen molar-refractivity contribution in [2.75, 3.05) is 26.0 Å². The van der Waals surface area contributed by atoms with Crippen LogP contribution < -0.4 is 10.1 Å². The van der Waals surface area contributed by atoms with Crippen molar-refractivity contribution in [3.63, 3.8) is 0 Å². The number of anilines is 1. The van der Waals surface area contributed by atoms with Crippen LogP contribution in [0.1, 0.15) is 15.9 Å². The third-order valence-corrected chi connectivity index (χ3v) is 3.77. The standard InChI is InChI=1S/C19H21N3O4/c1-4-11-26-16-8-5-14(6-9-16)13-21(3)19(23)17-12-15(22(24)25)7-10-18(17)20-2/h4-10,12,20H,1,11,13H2,2-3H3. The van der Waals surface area contributed by atoms with Gasteiger partial charge in [0.05, 0.1) is 10.5 Å². The van der Waals surface area contributed by atoms with E-state index >= 15 is 0 Å². The van der Waals surface area contributed by atoms with Gasteiger partial charge in [-0.1, -0.05) is 24.8 Å². The summed E-state index contributed by atoms with van der Waals surface area (Å²) in [5.41, 5.74) is 1.60. The summed E-state index contributed by atoms with van der Waals surface area (Å²) in [7, 11) is 3.32. The normalized spacial score (nSPS) is 10.1. The first-order valence-corrected chi connectivity index (χ1v) is 8.00. The van der Waals surface area contributed by atoms with Crippen LogP contribution in [0.2, 0.25) is 0 Å². The Kier molecular flexibility index (Phi) is 6.32. The van der Waals surface area contributed by atoms with Crippen LogP contribution in [0.3, 0.4) is 0 Å². The van der Waals surface area contributed by atoms with Gasteiger partial charge in [-0.05, 0) is 23.8 Å². The molecule has 0 radical (unpaired) electrons. The molecule has 1 amide bonds. The predicted molar refractivity (Wildman–Crippen MR) is 101 cm³/mol. The van der Waals surface area contributed by atoms with Crippen molar-refractivity contribution in [2.45, 2.75) is 6.54 Å². The van der Waals surface area contributed by atoms with Gasteiger partial charge in [0.25, 0.3) is 11.6 Å². The number of nitro groups is 1. The van der Waals surface area contributed by atoms with E-state index in [1.54, 1.807) is 20.2 Å². The van der Waals surface area contributed by atoms with Crippen molar-refractivity contribution in [3.05, 3.63) is 76.4 Å². The summed E-state index contributed by atoms with van der Waals surface area (Å²) in [4.78, 5) is 24.7. The second-order valence-corrected chi connectivity index (χ2v) is 5.64. The van der Waals surface area contributed by atoms with Gasteiger partial charge in [-0.15, -0.1) is 0 Å². The molecular formula is C19H21N3O4. The number of rotatable bonds is 8. The van der Waals surface area contributed by atoms with E-state index in [1.165, 1.54) is 23.1 Å². The molecule has 2 aromatic rings. The largest absolute Gasteiger partial charge is 0.490 e. The lowest BCUT2D eigenvalue weighted by Gasteiger charge is -2.19. The van der Waals surface area contributed by atoms with Gasteiger partial charge in [-0.25, -0.2) is 0 Å². The minimum absolute atomic E-state index is 0.121. The zero-order valence-corrected chi connectivity index (χ0v) is 14.8. The van der Waals surface area contributed by atoms with Gasteiger partial charge in [0, 0.05) is 38.5 Å². The van der Waals surface area contributed by atoms with Crippen LogP contribution in [0.25, 0.3) is 0 Å². The molecule has 7 heteroatoms. The van der Waals surface area contributed by atoms with Crippen molar-refractivity contribution in [1.29, 1.82) is 0 Å². The molecule has 1 N–H and O–H groups in total. The van der Waals surface area contributed by atoms with Crippen LogP contribution >= 0.6 is 0 Å². The Morgan fingerprint density at radius 3 is 2.58 bits per heavy atom. The summed E-state index contributed by atoms with van der Waals surface area (Å²) in [6, 6.07) is 11.6. The molecule has 0 bridgehead atoms. The van der Waals surface area contributed by atoms with Crippen LogP contribution in [-0.4, -0.2) is 36.4 Å². The van der Waals surface area contributed by atoms with E-state index in [0.29, 0.717) is 18.8 Å². The maximum Gasteiger partial charge on any atom is 0.270 e. The lowest BCUT2D eigenvalue weighted by atomic mass is 10.1. The van der Waals surface area contributed by atoms with Gasteiger partial charge in [0.1, 0.15) is 12.4 Å². The molecule has 0 atom stereocenters. The Morgan fingerprint density at radius 2 is 2.00 bits per heavy atom. The molecule has 0 aromatic heterocycles. The molecule has 2 aromatic carbocycles. The van der Waals surface area contributed by atoms with Crippen LogP contribution in [0.5, 0.6) is 5.75 Å². The number of nitrogens with zero attached hydrogens (tertiary/aromatic N) is 2. The van der Waals surface area contributed by atoms with Gasteiger partial charge in [0.2, 0.25) is 0 Å². The van der Waals surface area contributed by atoms with Gasteiger partial charge < -0.3 is 15.0 Å². The summed E-state index contributed by atoms with van der Waals surface area (Å²) < 4.78 is 5.43. The Morgan fingerprint density at radius 1 is 1.31 bits per heavy atom. The summed E-state index contributed by atoms with van der Waals surface area (Å²) >= 11 is 0. The Labute approximate surface area is 152 Å². The van der Waals surface area contributed by atoms with Crippen molar-refractivity contribution in [3.8, 4) is 5.75 Å². The van der Waals surface area contributed by atoms with Crippen molar-refractivity contribution in [2.24, 2.45) is 0 Å². The summed E-state index contributed by atoms with van der Waals surface area (Å²) in [5.74, 6) is 0.420. The first-order chi connectivity index (χ1) is 12.5.